The quantitative estimate of drug-likeness (QED) is 0.466. The number of amides is 1. The summed E-state index contributed by atoms with van der Waals surface area (Å²) in [5.41, 5.74) is 1.91. The lowest BCUT2D eigenvalue weighted by molar-refractivity contribution is -0.115. The minimum atomic E-state index is -0.327. The molecule has 1 amide bonds. The van der Waals surface area contributed by atoms with E-state index in [1.165, 1.54) is 36.6 Å². The molecular formula is C24H28ClN5OS. The molecule has 0 spiro atoms. The molecule has 168 valence electrons. The Bertz CT molecular complexity index is 1020. The van der Waals surface area contributed by atoms with Crippen LogP contribution in [0.15, 0.2) is 59.8 Å². The van der Waals surface area contributed by atoms with Crippen molar-refractivity contribution in [2.75, 3.05) is 18.4 Å². The van der Waals surface area contributed by atoms with Gasteiger partial charge in [0.2, 0.25) is 5.91 Å². The lowest BCUT2D eigenvalue weighted by Gasteiger charge is -2.26. The Balaban J connectivity index is 1.49. The monoisotopic (exact) mass is 469 g/mol. The standard InChI is InChI=1S/C24H28ClN5OS/c1-18(23(31)26-21-12-10-20(25)11-13-21)32-24-28-27-22(17-29-14-6-3-7-15-29)30(24)16-19-8-4-2-5-9-19/h2,4-5,8-13,18H,3,6-7,14-17H2,1H3,(H,26,31). The van der Waals surface area contributed by atoms with Crippen molar-refractivity contribution in [2.24, 2.45) is 0 Å². The zero-order valence-electron chi connectivity index (χ0n) is 18.2. The number of carbonyl (C=O) groups excluding carboxylic acids is 1. The number of aromatic nitrogens is 3. The van der Waals surface area contributed by atoms with Gasteiger partial charge in [-0.2, -0.15) is 0 Å². The van der Waals surface area contributed by atoms with Gasteiger partial charge in [0.15, 0.2) is 5.16 Å². The van der Waals surface area contributed by atoms with Crippen LogP contribution in [0.1, 0.15) is 37.6 Å². The van der Waals surface area contributed by atoms with Crippen LogP contribution in [-0.2, 0) is 17.9 Å². The summed E-state index contributed by atoms with van der Waals surface area (Å²) >= 11 is 7.37. The van der Waals surface area contributed by atoms with Gasteiger partial charge in [0, 0.05) is 10.7 Å². The Labute approximate surface area is 198 Å². The summed E-state index contributed by atoms with van der Waals surface area (Å²) in [6.07, 6.45) is 3.77. The highest BCUT2D eigenvalue weighted by molar-refractivity contribution is 8.00. The highest BCUT2D eigenvalue weighted by atomic mass is 35.5. The Morgan fingerprint density at radius 2 is 1.75 bits per heavy atom. The maximum atomic E-state index is 12.8. The number of nitrogens with one attached hydrogen (secondary N) is 1. The van der Waals surface area contributed by atoms with E-state index in [1.54, 1.807) is 24.3 Å². The molecule has 32 heavy (non-hydrogen) atoms. The maximum Gasteiger partial charge on any atom is 0.237 e. The van der Waals surface area contributed by atoms with Crippen LogP contribution in [0.5, 0.6) is 0 Å². The molecular weight excluding hydrogens is 442 g/mol. The first-order valence-electron chi connectivity index (χ1n) is 11.0. The van der Waals surface area contributed by atoms with Crippen molar-refractivity contribution < 1.29 is 4.79 Å². The smallest absolute Gasteiger partial charge is 0.237 e. The zero-order valence-corrected chi connectivity index (χ0v) is 19.8. The average molecular weight is 470 g/mol. The van der Waals surface area contributed by atoms with Gasteiger partial charge in [0.05, 0.1) is 18.3 Å². The Morgan fingerprint density at radius 1 is 1.03 bits per heavy atom. The Morgan fingerprint density at radius 3 is 2.47 bits per heavy atom. The minimum absolute atomic E-state index is 0.0795. The normalized spacial score (nSPS) is 15.4. The number of benzene rings is 2. The molecule has 1 fully saturated rings. The first-order valence-corrected chi connectivity index (χ1v) is 12.3. The van der Waals surface area contributed by atoms with Gasteiger partial charge in [-0.25, -0.2) is 0 Å². The first-order chi connectivity index (χ1) is 15.6. The van der Waals surface area contributed by atoms with E-state index < -0.39 is 0 Å². The second-order valence-electron chi connectivity index (χ2n) is 8.06. The van der Waals surface area contributed by atoms with E-state index in [2.05, 4.69) is 37.1 Å². The van der Waals surface area contributed by atoms with E-state index in [4.69, 9.17) is 11.6 Å². The number of thioether (sulfide) groups is 1. The Kier molecular flexibility index (Phi) is 7.84. The van der Waals surface area contributed by atoms with Crippen molar-refractivity contribution in [1.82, 2.24) is 19.7 Å². The third kappa shape index (κ3) is 6.12. The van der Waals surface area contributed by atoms with Gasteiger partial charge in [0.25, 0.3) is 0 Å². The zero-order chi connectivity index (χ0) is 22.3. The highest BCUT2D eigenvalue weighted by Crippen LogP contribution is 2.26. The second-order valence-corrected chi connectivity index (χ2v) is 9.81. The van der Waals surface area contributed by atoms with E-state index in [0.717, 1.165) is 36.3 Å². The SMILES string of the molecule is CC(Sc1nnc(CN2CCCCC2)n1Cc1ccccc1)C(=O)Nc1ccc(Cl)cc1. The van der Waals surface area contributed by atoms with Crippen molar-refractivity contribution in [2.45, 2.75) is 49.7 Å². The predicted molar refractivity (Wildman–Crippen MR) is 130 cm³/mol. The van der Waals surface area contributed by atoms with Gasteiger partial charge in [-0.1, -0.05) is 60.1 Å². The molecule has 0 bridgehead atoms. The predicted octanol–water partition coefficient (Wildman–Crippen LogP) is 5.09. The van der Waals surface area contributed by atoms with Gasteiger partial charge < -0.3 is 9.88 Å². The Hall–Kier alpha value is -2.35. The third-order valence-electron chi connectivity index (χ3n) is 5.55. The molecule has 0 saturated carbocycles. The van der Waals surface area contributed by atoms with Crippen LogP contribution < -0.4 is 5.32 Å². The van der Waals surface area contributed by atoms with E-state index in [1.807, 2.05) is 25.1 Å². The first kappa shape index (κ1) is 22.8. The fourth-order valence-electron chi connectivity index (χ4n) is 3.75. The number of likely N-dealkylation sites (tertiary alicyclic amines) is 1. The van der Waals surface area contributed by atoms with Crippen LogP contribution >= 0.6 is 23.4 Å². The lowest BCUT2D eigenvalue weighted by Crippen LogP contribution is -2.30. The van der Waals surface area contributed by atoms with Crippen LogP contribution in [0.4, 0.5) is 5.69 Å². The van der Waals surface area contributed by atoms with Crippen LogP contribution in [0.25, 0.3) is 0 Å². The molecule has 1 atom stereocenters. The molecule has 1 aliphatic heterocycles. The largest absolute Gasteiger partial charge is 0.325 e. The van der Waals surface area contributed by atoms with E-state index in [9.17, 15) is 4.79 Å². The van der Waals surface area contributed by atoms with Gasteiger partial charge in [-0.3, -0.25) is 9.69 Å². The summed E-state index contributed by atoms with van der Waals surface area (Å²) in [5, 5.41) is 13.0. The number of nitrogens with zero attached hydrogens (tertiary/aromatic N) is 4. The van der Waals surface area contributed by atoms with E-state index in [-0.39, 0.29) is 11.2 Å². The molecule has 8 heteroatoms. The molecule has 1 N–H and O–H groups in total. The van der Waals surface area contributed by atoms with E-state index in [0.29, 0.717) is 11.6 Å². The average Bonchev–Trinajstić information content (AvgIpc) is 3.17. The molecule has 1 aliphatic rings. The molecule has 1 unspecified atom stereocenters. The number of anilines is 1. The molecule has 2 aromatic carbocycles. The molecule has 2 heterocycles. The number of carbonyl (C=O) groups is 1. The third-order valence-corrected chi connectivity index (χ3v) is 6.89. The number of piperidine rings is 1. The molecule has 0 radical (unpaired) electrons. The van der Waals surface area contributed by atoms with Crippen LogP contribution in [0.3, 0.4) is 0 Å². The summed E-state index contributed by atoms with van der Waals surface area (Å²) in [6, 6.07) is 17.4. The van der Waals surface area contributed by atoms with Crippen LogP contribution in [0, 0.1) is 0 Å². The van der Waals surface area contributed by atoms with E-state index >= 15 is 0 Å². The molecule has 4 rings (SSSR count). The number of halogens is 1. The van der Waals surface area contributed by atoms with Gasteiger partial charge in [-0.05, 0) is 62.7 Å². The van der Waals surface area contributed by atoms with Crippen LogP contribution in [0.2, 0.25) is 5.02 Å². The summed E-state index contributed by atoms with van der Waals surface area (Å²) in [7, 11) is 0. The van der Waals surface area contributed by atoms with Crippen molar-refractivity contribution in [3.63, 3.8) is 0 Å². The van der Waals surface area contributed by atoms with Gasteiger partial charge in [0.1, 0.15) is 5.82 Å². The summed E-state index contributed by atoms with van der Waals surface area (Å²) in [4.78, 5) is 15.2. The second kappa shape index (κ2) is 11.0. The fraction of sp³-hybridized carbons (Fsp3) is 0.375. The molecule has 1 aromatic heterocycles. The minimum Gasteiger partial charge on any atom is -0.325 e. The molecule has 1 saturated heterocycles. The molecule has 6 nitrogen and oxygen atoms in total. The van der Waals surface area contributed by atoms with Crippen molar-refractivity contribution in [3.8, 4) is 0 Å². The summed E-state index contributed by atoms with van der Waals surface area (Å²) in [5.74, 6) is 0.868. The lowest BCUT2D eigenvalue weighted by atomic mass is 10.1. The highest BCUT2D eigenvalue weighted by Gasteiger charge is 2.22. The molecule has 0 aliphatic carbocycles. The van der Waals surface area contributed by atoms with Crippen molar-refractivity contribution in [1.29, 1.82) is 0 Å². The number of hydrogen-bond donors (Lipinski definition) is 1. The summed E-state index contributed by atoms with van der Waals surface area (Å²) in [6.45, 7) is 5.56. The van der Waals surface area contributed by atoms with Gasteiger partial charge >= 0.3 is 0 Å². The summed E-state index contributed by atoms with van der Waals surface area (Å²) < 4.78 is 2.15. The van der Waals surface area contributed by atoms with Crippen molar-refractivity contribution >= 4 is 35.0 Å². The number of rotatable bonds is 8. The molecule has 3 aromatic rings. The van der Waals surface area contributed by atoms with Crippen molar-refractivity contribution in [3.05, 3.63) is 71.0 Å². The van der Waals surface area contributed by atoms with Crippen LogP contribution in [-0.4, -0.2) is 43.9 Å². The fourth-order valence-corrected chi connectivity index (χ4v) is 4.75. The maximum absolute atomic E-state index is 12.8. The van der Waals surface area contributed by atoms with Gasteiger partial charge in [-0.15, -0.1) is 10.2 Å². The topological polar surface area (TPSA) is 63.1 Å². The number of hydrogen-bond acceptors (Lipinski definition) is 5.